The Balaban J connectivity index is 1.68. The maximum atomic E-state index is 13.9. The standard InChI is InChI=1S/C24H18BrClN2O3/c1-24-14-20(18-7-3-5-9-21(18)31-24)27(22(29)17-6-2-4-8-19(17)25)23(30)28(24)16-12-10-15(26)11-13-16/h2-13,20H,14H2,1H3/t20-,24+/m1/s1. The minimum absolute atomic E-state index is 0.361. The van der Waals surface area contributed by atoms with E-state index in [4.69, 9.17) is 16.3 Å². The molecule has 0 radical (unpaired) electrons. The molecule has 0 aromatic heterocycles. The third kappa shape index (κ3) is 3.22. The van der Waals surface area contributed by atoms with E-state index in [1.54, 1.807) is 47.4 Å². The first-order chi connectivity index (χ1) is 14.9. The van der Waals surface area contributed by atoms with Crippen molar-refractivity contribution in [1.29, 1.82) is 0 Å². The van der Waals surface area contributed by atoms with Crippen LogP contribution >= 0.6 is 27.5 Å². The number of rotatable bonds is 2. The number of nitrogens with zero attached hydrogens (tertiary/aromatic N) is 2. The van der Waals surface area contributed by atoms with Gasteiger partial charge in [-0.1, -0.05) is 41.9 Å². The van der Waals surface area contributed by atoms with E-state index in [-0.39, 0.29) is 5.91 Å². The van der Waals surface area contributed by atoms with Crippen molar-refractivity contribution in [3.63, 3.8) is 0 Å². The predicted octanol–water partition coefficient (Wildman–Crippen LogP) is 6.42. The molecule has 0 spiro atoms. The second-order valence-corrected chi connectivity index (χ2v) is 9.08. The van der Waals surface area contributed by atoms with Gasteiger partial charge < -0.3 is 4.74 Å². The van der Waals surface area contributed by atoms with Crippen LogP contribution in [0.5, 0.6) is 5.75 Å². The van der Waals surface area contributed by atoms with E-state index in [0.717, 1.165) is 5.56 Å². The Bertz CT molecular complexity index is 1200. The van der Waals surface area contributed by atoms with Crippen LogP contribution in [0.25, 0.3) is 0 Å². The Morgan fingerprint density at radius 1 is 1.06 bits per heavy atom. The molecule has 7 heteroatoms. The van der Waals surface area contributed by atoms with Gasteiger partial charge in [-0.15, -0.1) is 0 Å². The van der Waals surface area contributed by atoms with Crippen LogP contribution in [0.1, 0.15) is 35.3 Å². The molecule has 3 aromatic carbocycles. The summed E-state index contributed by atoms with van der Waals surface area (Å²) in [6, 6.07) is 20.8. The smallest absolute Gasteiger partial charge is 0.335 e. The first-order valence-corrected chi connectivity index (χ1v) is 11.0. The Kier molecular flexibility index (Phi) is 4.79. The van der Waals surface area contributed by atoms with E-state index >= 15 is 0 Å². The van der Waals surface area contributed by atoms with Gasteiger partial charge in [0.1, 0.15) is 5.75 Å². The number of fused-ring (bicyclic) bond motifs is 4. The monoisotopic (exact) mass is 496 g/mol. The van der Waals surface area contributed by atoms with Gasteiger partial charge in [0, 0.05) is 27.2 Å². The van der Waals surface area contributed by atoms with E-state index in [2.05, 4.69) is 15.9 Å². The van der Waals surface area contributed by atoms with Crippen LogP contribution in [-0.4, -0.2) is 22.6 Å². The quantitative estimate of drug-likeness (QED) is 0.410. The molecule has 31 heavy (non-hydrogen) atoms. The van der Waals surface area contributed by atoms with Crippen molar-refractivity contribution in [2.75, 3.05) is 4.90 Å². The number of imide groups is 1. The fraction of sp³-hybridized carbons (Fsp3) is 0.167. The minimum atomic E-state index is -0.950. The minimum Gasteiger partial charge on any atom is -0.467 e. The zero-order chi connectivity index (χ0) is 21.8. The summed E-state index contributed by atoms with van der Waals surface area (Å²) < 4.78 is 6.98. The molecule has 1 saturated heterocycles. The molecule has 0 unspecified atom stereocenters. The molecule has 1 fully saturated rings. The number of hydrogen-bond donors (Lipinski definition) is 0. The summed E-state index contributed by atoms with van der Waals surface area (Å²) in [5, 5.41) is 0.562. The Morgan fingerprint density at radius 2 is 1.74 bits per heavy atom. The molecule has 2 aliphatic heterocycles. The molecule has 5 nitrogen and oxygen atoms in total. The van der Waals surface area contributed by atoms with Crippen LogP contribution in [0.3, 0.4) is 0 Å². The van der Waals surface area contributed by atoms with Crippen molar-refractivity contribution in [3.05, 3.63) is 93.4 Å². The van der Waals surface area contributed by atoms with Crippen LogP contribution < -0.4 is 9.64 Å². The van der Waals surface area contributed by atoms with E-state index in [1.165, 1.54) is 4.90 Å². The van der Waals surface area contributed by atoms with Gasteiger partial charge in [0.15, 0.2) is 5.72 Å². The van der Waals surface area contributed by atoms with E-state index in [1.807, 2.05) is 37.3 Å². The van der Waals surface area contributed by atoms with Gasteiger partial charge in [-0.2, -0.15) is 0 Å². The van der Waals surface area contributed by atoms with Gasteiger partial charge in [0.05, 0.1) is 11.6 Å². The zero-order valence-electron chi connectivity index (χ0n) is 16.6. The summed E-state index contributed by atoms with van der Waals surface area (Å²) in [6.45, 7) is 1.88. The van der Waals surface area contributed by atoms with Gasteiger partial charge in [-0.25, -0.2) is 4.79 Å². The number of hydrogen-bond acceptors (Lipinski definition) is 3. The van der Waals surface area contributed by atoms with Gasteiger partial charge >= 0.3 is 6.03 Å². The highest BCUT2D eigenvalue weighted by atomic mass is 79.9. The summed E-state index contributed by atoms with van der Waals surface area (Å²) >= 11 is 9.52. The lowest BCUT2D eigenvalue weighted by Crippen LogP contribution is -2.67. The number of amides is 3. The number of benzene rings is 3. The molecular weight excluding hydrogens is 480 g/mol. The van der Waals surface area contributed by atoms with Crippen LogP contribution in [-0.2, 0) is 0 Å². The van der Waals surface area contributed by atoms with Crippen molar-refractivity contribution in [2.24, 2.45) is 0 Å². The largest absolute Gasteiger partial charge is 0.467 e. The average Bonchev–Trinajstić information content (AvgIpc) is 2.75. The van der Waals surface area contributed by atoms with Crippen molar-refractivity contribution < 1.29 is 14.3 Å². The van der Waals surface area contributed by atoms with E-state index in [0.29, 0.717) is 32.9 Å². The molecule has 156 valence electrons. The molecule has 2 aliphatic rings. The number of carbonyl (C=O) groups is 2. The van der Waals surface area contributed by atoms with Crippen molar-refractivity contribution >= 4 is 45.2 Å². The molecule has 2 atom stereocenters. The highest BCUT2D eigenvalue weighted by Gasteiger charge is 2.55. The predicted molar refractivity (Wildman–Crippen MR) is 122 cm³/mol. The lowest BCUT2D eigenvalue weighted by Gasteiger charge is -2.53. The van der Waals surface area contributed by atoms with Gasteiger partial charge in [-0.05, 0) is 65.3 Å². The molecule has 3 amide bonds. The van der Waals surface area contributed by atoms with E-state index in [9.17, 15) is 9.59 Å². The zero-order valence-corrected chi connectivity index (χ0v) is 18.9. The number of carbonyl (C=O) groups excluding carboxylic acids is 2. The number of para-hydroxylation sites is 1. The first-order valence-electron chi connectivity index (χ1n) is 9.85. The topological polar surface area (TPSA) is 49.9 Å². The van der Waals surface area contributed by atoms with Crippen LogP contribution in [0.2, 0.25) is 5.02 Å². The highest BCUT2D eigenvalue weighted by Crippen LogP contribution is 2.49. The number of ether oxygens (including phenoxy) is 1. The molecule has 5 rings (SSSR count). The summed E-state index contributed by atoms with van der Waals surface area (Å²) in [5.41, 5.74) is 0.915. The second-order valence-electron chi connectivity index (χ2n) is 7.78. The van der Waals surface area contributed by atoms with Crippen molar-refractivity contribution in [3.8, 4) is 5.75 Å². The third-order valence-corrected chi connectivity index (χ3v) is 6.71. The second kappa shape index (κ2) is 7.39. The Labute approximate surface area is 193 Å². The lowest BCUT2D eigenvalue weighted by atomic mass is 9.88. The van der Waals surface area contributed by atoms with Crippen LogP contribution in [0.15, 0.2) is 77.3 Å². The molecule has 0 N–H and O–H groups in total. The number of halogens is 2. The van der Waals surface area contributed by atoms with Crippen molar-refractivity contribution in [2.45, 2.75) is 25.1 Å². The van der Waals surface area contributed by atoms with Gasteiger partial charge in [0.25, 0.3) is 5.91 Å². The number of urea groups is 1. The summed E-state index contributed by atoms with van der Waals surface area (Å²) in [5.74, 6) is 0.304. The normalized spacial score (nSPS) is 22.0. The molecule has 0 saturated carbocycles. The molecule has 3 aromatic rings. The average molecular weight is 498 g/mol. The van der Waals surface area contributed by atoms with E-state index < -0.39 is 17.8 Å². The third-order valence-electron chi connectivity index (χ3n) is 5.77. The summed E-state index contributed by atoms with van der Waals surface area (Å²) in [4.78, 5) is 30.4. The maximum Gasteiger partial charge on any atom is 0.335 e. The van der Waals surface area contributed by atoms with Crippen molar-refractivity contribution in [1.82, 2.24) is 4.90 Å². The fourth-order valence-corrected chi connectivity index (χ4v) is 4.95. The number of anilines is 1. The maximum absolute atomic E-state index is 13.9. The summed E-state index contributed by atoms with van der Waals surface area (Å²) in [6.07, 6.45) is 0.439. The summed E-state index contributed by atoms with van der Waals surface area (Å²) in [7, 11) is 0. The Hall–Kier alpha value is -2.83. The molecule has 2 bridgehead atoms. The van der Waals surface area contributed by atoms with Crippen LogP contribution in [0.4, 0.5) is 10.5 Å². The molecule has 0 aliphatic carbocycles. The SMILES string of the molecule is C[C@@]12C[C@H](c3ccccc3O1)N(C(=O)c1ccccc1Br)C(=O)N2c1ccc(Cl)cc1. The molecular formula is C24H18BrClN2O3. The lowest BCUT2D eigenvalue weighted by molar-refractivity contribution is 0.00265. The fourth-order valence-electron chi connectivity index (χ4n) is 4.37. The Morgan fingerprint density at radius 3 is 2.48 bits per heavy atom. The highest BCUT2D eigenvalue weighted by molar-refractivity contribution is 9.10. The van der Waals surface area contributed by atoms with Crippen LogP contribution in [0, 0.1) is 0 Å². The van der Waals surface area contributed by atoms with Gasteiger partial charge in [0.2, 0.25) is 0 Å². The van der Waals surface area contributed by atoms with Gasteiger partial charge in [-0.3, -0.25) is 14.6 Å². The molecule has 2 heterocycles. The first kappa shape index (κ1) is 20.1.